The summed E-state index contributed by atoms with van der Waals surface area (Å²) in [5, 5.41) is 3.31. The molecule has 16 heavy (non-hydrogen) atoms. The highest BCUT2D eigenvalue weighted by atomic mass is 32.2. The lowest BCUT2D eigenvalue weighted by atomic mass is 9.90. The summed E-state index contributed by atoms with van der Waals surface area (Å²) < 4.78 is 22.9. The second kappa shape index (κ2) is 4.55. The Morgan fingerprint density at radius 1 is 1.25 bits per heavy atom. The molecule has 2 rings (SSSR count). The van der Waals surface area contributed by atoms with Gasteiger partial charge in [-0.25, -0.2) is 8.42 Å². The Morgan fingerprint density at radius 3 is 2.56 bits per heavy atom. The van der Waals surface area contributed by atoms with Crippen LogP contribution in [0.25, 0.3) is 0 Å². The van der Waals surface area contributed by atoms with E-state index in [9.17, 15) is 8.42 Å². The van der Waals surface area contributed by atoms with Crippen LogP contribution in [0.2, 0.25) is 0 Å². The number of hydrogen-bond donors (Lipinski definition) is 1. The molecule has 0 spiro atoms. The first-order chi connectivity index (χ1) is 7.57. The molecule has 1 aromatic carbocycles. The van der Waals surface area contributed by atoms with Gasteiger partial charge in [-0.2, -0.15) is 0 Å². The third-order valence-electron chi connectivity index (χ3n) is 3.10. The number of hydrogen-bond acceptors (Lipinski definition) is 3. The van der Waals surface area contributed by atoms with Crippen molar-refractivity contribution in [2.24, 2.45) is 0 Å². The van der Waals surface area contributed by atoms with Crippen LogP contribution in [0, 0.1) is 0 Å². The van der Waals surface area contributed by atoms with Crippen molar-refractivity contribution in [2.75, 3.05) is 19.3 Å². The summed E-state index contributed by atoms with van der Waals surface area (Å²) in [6.07, 6.45) is 3.44. The first-order valence-corrected chi connectivity index (χ1v) is 7.47. The SMILES string of the molecule is CS(=O)(=O)c1cccc(C2CCNCC2)c1. The summed E-state index contributed by atoms with van der Waals surface area (Å²) in [5.41, 5.74) is 1.16. The Kier molecular flexibility index (Phi) is 3.30. The Hall–Kier alpha value is -0.870. The molecule has 4 heteroatoms. The highest BCUT2D eigenvalue weighted by Gasteiger charge is 2.16. The lowest BCUT2D eigenvalue weighted by molar-refractivity contribution is 0.460. The van der Waals surface area contributed by atoms with Gasteiger partial charge in [0.15, 0.2) is 9.84 Å². The molecule has 3 nitrogen and oxygen atoms in total. The number of piperidine rings is 1. The topological polar surface area (TPSA) is 46.2 Å². The predicted octanol–water partition coefficient (Wildman–Crippen LogP) is 1.56. The molecule has 1 N–H and O–H groups in total. The van der Waals surface area contributed by atoms with Crippen molar-refractivity contribution in [1.82, 2.24) is 5.32 Å². The molecule has 0 aromatic heterocycles. The van der Waals surface area contributed by atoms with E-state index in [4.69, 9.17) is 0 Å². The summed E-state index contributed by atoms with van der Waals surface area (Å²) in [6, 6.07) is 7.36. The quantitative estimate of drug-likeness (QED) is 0.852. The number of sulfone groups is 1. The van der Waals surface area contributed by atoms with Crippen LogP contribution >= 0.6 is 0 Å². The maximum absolute atomic E-state index is 11.5. The lowest BCUT2D eigenvalue weighted by Crippen LogP contribution is -2.26. The van der Waals surface area contributed by atoms with Gasteiger partial charge < -0.3 is 5.32 Å². The summed E-state index contributed by atoms with van der Waals surface area (Å²) in [5.74, 6) is 0.503. The second-order valence-corrected chi connectivity index (χ2v) is 6.38. The van der Waals surface area contributed by atoms with Crippen LogP contribution in [-0.4, -0.2) is 27.8 Å². The fourth-order valence-corrected chi connectivity index (χ4v) is 2.83. The van der Waals surface area contributed by atoms with E-state index < -0.39 is 9.84 Å². The molecule has 0 saturated carbocycles. The first kappa shape index (κ1) is 11.6. The average molecular weight is 239 g/mol. The van der Waals surface area contributed by atoms with Gasteiger partial charge in [-0.3, -0.25) is 0 Å². The van der Waals surface area contributed by atoms with Gasteiger partial charge >= 0.3 is 0 Å². The summed E-state index contributed by atoms with van der Waals surface area (Å²) in [6.45, 7) is 2.04. The molecule has 88 valence electrons. The molecule has 0 atom stereocenters. The van der Waals surface area contributed by atoms with Crippen molar-refractivity contribution in [3.05, 3.63) is 29.8 Å². The zero-order chi connectivity index (χ0) is 11.6. The van der Waals surface area contributed by atoms with Crippen LogP contribution < -0.4 is 5.32 Å². The van der Waals surface area contributed by atoms with Crippen LogP contribution in [0.3, 0.4) is 0 Å². The Balaban J connectivity index is 2.28. The number of rotatable bonds is 2. The van der Waals surface area contributed by atoms with Crippen molar-refractivity contribution < 1.29 is 8.42 Å². The first-order valence-electron chi connectivity index (χ1n) is 5.58. The van der Waals surface area contributed by atoms with E-state index in [2.05, 4.69) is 5.32 Å². The smallest absolute Gasteiger partial charge is 0.175 e. The third kappa shape index (κ3) is 2.62. The standard InChI is InChI=1S/C12H17NO2S/c1-16(14,15)12-4-2-3-11(9-12)10-5-7-13-8-6-10/h2-4,9-10,13H,5-8H2,1H3. The van der Waals surface area contributed by atoms with Gasteiger partial charge in [0, 0.05) is 6.26 Å². The molecular formula is C12H17NO2S. The molecule has 1 aliphatic heterocycles. The van der Waals surface area contributed by atoms with Crippen molar-refractivity contribution in [1.29, 1.82) is 0 Å². The van der Waals surface area contributed by atoms with Crippen LogP contribution in [0.1, 0.15) is 24.3 Å². The van der Waals surface area contributed by atoms with Crippen LogP contribution in [0.5, 0.6) is 0 Å². The molecule has 1 heterocycles. The molecule has 1 aromatic rings. The zero-order valence-electron chi connectivity index (χ0n) is 9.44. The van der Waals surface area contributed by atoms with Gasteiger partial charge in [-0.05, 0) is 49.5 Å². The average Bonchev–Trinajstić information content (AvgIpc) is 2.29. The van der Waals surface area contributed by atoms with Crippen molar-refractivity contribution in [2.45, 2.75) is 23.7 Å². The van der Waals surface area contributed by atoms with E-state index in [1.807, 2.05) is 18.2 Å². The maximum atomic E-state index is 11.5. The minimum absolute atomic E-state index is 0.434. The summed E-state index contributed by atoms with van der Waals surface area (Å²) >= 11 is 0. The van der Waals surface area contributed by atoms with Gasteiger partial charge in [0.05, 0.1) is 4.90 Å². The van der Waals surface area contributed by atoms with E-state index in [1.54, 1.807) is 6.07 Å². The third-order valence-corrected chi connectivity index (χ3v) is 4.21. The summed E-state index contributed by atoms with van der Waals surface area (Å²) in [4.78, 5) is 0.434. The molecule has 1 aliphatic rings. The van der Waals surface area contributed by atoms with Gasteiger partial charge in [0.25, 0.3) is 0 Å². The molecule has 1 fully saturated rings. The van der Waals surface area contributed by atoms with E-state index >= 15 is 0 Å². The largest absolute Gasteiger partial charge is 0.317 e. The Morgan fingerprint density at radius 2 is 1.94 bits per heavy atom. The van der Waals surface area contributed by atoms with Crippen LogP contribution in [0.4, 0.5) is 0 Å². The van der Waals surface area contributed by atoms with Gasteiger partial charge in [-0.15, -0.1) is 0 Å². The molecule has 0 amide bonds. The molecule has 1 saturated heterocycles. The van der Waals surface area contributed by atoms with Gasteiger partial charge in [0.2, 0.25) is 0 Å². The van der Waals surface area contributed by atoms with E-state index in [-0.39, 0.29) is 0 Å². The zero-order valence-corrected chi connectivity index (χ0v) is 10.3. The van der Waals surface area contributed by atoms with Crippen molar-refractivity contribution in [3.8, 4) is 0 Å². The van der Waals surface area contributed by atoms with Crippen molar-refractivity contribution in [3.63, 3.8) is 0 Å². The summed E-state index contributed by atoms with van der Waals surface area (Å²) in [7, 11) is -3.08. The van der Waals surface area contributed by atoms with E-state index in [0.29, 0.717) is 10.8 Å². The van der Waals surface area contributed by atoms with E-state index in [1.165, 1.54) is 6.26 Å². The highest BCUT2D eigenvalue weighted by Crippen LogP contribution is 2.26. The molecular weight excluding hydrogens is 222 g/mol. The van der Waals surface area contributed by atoms with Gasteiger partial charge in [-0.1, -0.05) is 12.1 Å². The Labute approximate surface area is 96.8 Å². The number of nitrogens with one attached hydrogen (secondary N) is 1. The normalized spacial score (nSPS) is 18.6. The second-order valence-electron chi connectivity index (χ2n) is 4.37. The number of benzene rings is 1. The van der Waals surface area contributed by atoms with Crippen LogP contribution in [-0.2, 0) is 9.84 Å². The van der Waals surface area contributed by atoms with Crippen molar-refractivity contribution >= 4 is 9.84 Å². The monoisotopic (exact) mass is 239 g/mol. The minimum Gasteiger partial charge on any atom is -0.317 e. The maximum Gasteiger partial charge on any atom is 0.175 e. The molecule has 0 unspecified atom stereocenters. The molecule has 0 aliphatic carbocycles. The van der Waals surface area contributed by atoms with E-state index in [0.717, 1.165) is 31.5 Å². The van der Waals surface area contributed by atoms with Crippen LogP contribution in [0.15, 0.2) is 29.2 Å². The fraction of sp³-hybridized carbons (Fsp3) is 0.500. The van der Waals surface area contributed by atoms with Gasteiger partial charge in [0.1, 0.15) is 0 Å². The fourth-order valence-electron chi connectivity index (χ4n) is 2.15. The minimum atomic E-state index is -3.08. The highest BCUT2D eigenvalue weighted by molar-refractivity contribution is 7.90. The predicted molar refractivity (Wildman–Crippen MR) is 64.4 cm³/mol. The Bertz CT molecular complexity index is 462. The lowest BCUT2D eigenvalue weighted by Gasteiger charge is -2.23. The molecule has 0 bridgehead atoms. The molecule has 0 radical (unpaired) electrons.